The van der Waals surface area contributed by atoms with Gasteiger partial charge in [0.25, 0.3) is 0 Å². The van der Waals surface area contributed by atoms with Gasteiger partial charge < -0.3 is 23.9 Å². The summed E-state index contributed by atoms with van der Waals surface area (Å²) in [4.78, 5) is 11.3. The maximum Gasteiger partial charge on any atom is 0.333 e. The van der Waals surface area contributed by atoms with Crippen LogP contribution >= 0.6 is 0 Å². The lowest BCUT2D eigenvalue weighted by Gasteiger charge is -2.14. The number of carboxylic acid groups (broad SMARTS) is 1. The van der Waals surface area contributed by atoms with Crippen LogP contribution in [0.4, 0.5) is 0 Å². The van der Waals surface area contributed by atoms with Crippen LogP contribution in [0.5, 0.6) is 11.5 Å². The molecule has 1 aromatic heterocycles. The highest BCUT2D eigenvalue weighted by Gasteiger charge is 2.17. The Labute approximate surface area is 188 Å². The molecule has 0 saturated heterocycles. The fraction of sp³-hybridized carbons (Fsp3) is 0.269. The van der Waals surface area contributed by atoms with Crippen molar-refractivity contribution in [1.29, 1.82) is 0 Å². The van der Waals surface area contributed by atoms with Crippen LogP contribution < -0.4 is 9.47 Å². The molecule has 0 radical (unpaired) electrons. The molecule has 3 rings (SSSR count). The average molecular weight is 436 g/mol. The molecule has 0 aliphatic rings. The Morgan fingerprint density at radius 1 is 1.06 bits per heavy atom. The van der Waals surface area contributed by atoms with E-state index in [1.54, 1.807) is 6.92 Å². The predicted molar refractivity (Wildman–Crippen MR) is 124 cm³/mol. The molecular formula is C26H29NO5. The predicted octanol–water partition coefficient (Wildman–Crippen LogP) is 5.10. The van der Waals surface area contributed by atoms with Gasteiger partial charge in [-0.3, -0.25) is 0 Å². The summed E-state index contributed by atoms with van der Waals surface area (Å²) in [6.45, 7) is 9.02. The topological polar surface area (TPSA) is 69.9 Å². The first kappa shape index (κ1) is 23.2. The fourth-order valence-electron chi connectivity index (χ4n) is 3.53. The zero-order chi connectivity index (χ0) is 22.9. The largest absolute Gasteiger partial charge is 0.492 e. The number of ether oxygens (including phenoxy) is 3. The Hall–Kier alpha value is -3.51. The third kappa shape index (κ3) is 6.02. The van der Waals surface area contributed by atoms with E-state index >= 15 is 0 Å². The summed E-state index contributed by atoms with van der Waals surface area (Å²) in [6.07, 6.45) is 0.903. The number of nitrogens with zero attached hydrogens (tertiary/aromatic N) is 1. The van der Waals surface area contributed by atoms with E-state index in [1.807, 2.05) is 48.5 Å². The molecule has 0 amide bonds. The summed E-state index contributed by atoms with van der Waals surface area (Å²) in [5.41, 5.74) is 4.26. The maximum absolute atomic E-state index is 11.3. The lowest BCUT2D eigenvalue weighted by Crippen LogP contribution is -2.26. The minimum atomic E-state index is -0.951. The van der Waals surface area contributed by atoms with Crippen LogP contribution in [0.3, 0.4) is 0 Å². The zero-order valence-corrected chi connectivity index (χ0v) is 18.5. The third-order valence-electron chi connectivity index (χ3n) is 5.14. The van der Waals surface area contributed by atoms with E-state index in [0.29, 0.717) is 26.2 Å². The summed E-state index contributed by atoms with van der Waals surface area (Å²) >= 11 is 0. The van der Waals surface area contributed by atoms with Crippen molar-refractivity contribution in [2.24, 2.45) is 0 Å². The molecule has 1 unspecified atom stereocenters. The van der Waals surface area contributed by atoms with Crippen molar-refractivity contribution in [3.8, 4) is 22.8 Å². The Bertz CT molecular complexity index is 1020. The van der Waals surface area contributed by atoms with Gasteiger partial charge in [0.15, 0.2) is 6.10 Å². The standard InChI is InChI=1S/C26H29NO5/c1-4-30-22-13-9-21(10-14-22)24-15-6-19(3)27(24)16-17-32-23-11-7-20(8-12-23)18-25(26(28)29)31-5-2/h4,6-15,25H,1,5,16-18H2,2-3H3,(H,28,29). The molecule has 1 N–H and O–H groups in total. The third-order valence-corrected chi connectivity index (χ3v) is 5.14. The Morgan fingerprint density at radius 2 is 1.75 bits per heavy atom. The highest BCUT2D eigenvalue weighted by Crippen LogP contribution is 2.25. The number of aromatic nitrogens is 1. The molecular weight excluding hydrogens is 406 g/mol. The van der Waals surface area contributed by atoms with Gasteiger partial charge >= 0.3 is 5.97 Å². The Morgan fingerprint density at radius 3 is 2.38 bits per heavy atom. The van der Waals surface area contributed by atoms with E-state index in [4.69, 9.17) is 14.2 Å². The number of rotatable bonds is 12. The molecule has 3 aromatic rings. The molecule has 0 saturated carbocycles. The second-order valence-corrected chi connectivity index (χ2v) is 7.30. The van der Waals surface area contributed by atoms with E-state index in [-0.39, 0.29) is 0 Å². The smallest absolute Gasteiger partial charge is 0.333 e. The van der Waals surface area contributed by atoms with Crippen molar-refractivity contribution < 1.29 is 24.1 Å². The number of carbonyl (C=O) groups is 1. The van der Waals surface area contributed by atoms with Gasteiger partial charge in [-0.15, -0.1) is 0 Å². The lowest BCUT2D eigenvalue weighted by atomic mass is 10.1. The van der Waals surface area contributed by atoms with Crippen LogP contribution in [0.25, 0.3) is 11.3 Å². The minimum absolute atomic E-state index is 0.325. The first-order valence-electron chi connectivity index (χ1n) is 10.6. The average Bonchev–Trinajstić information content (AvgIpc) is 3.15. The molecule has 0 bridgehead atoms. The molecule has 0 aliphatic heterocycles. The Balaban J connectivity index is 1.59. The van der Waals surface area contributed by atoms with Crippen LogP contribution in [0, 0.1) is 6.92 Å². The molecule has 1 atom stereocenters. The molecule has 6 heteroatoms. The summed E-state index contributed by atoms with van der Waals surface area (Å²) < 4.78 is 18.7. The van der Waals surface area contributed by atoms with Gasteiger partial charge in [0.05, 0.1) is 12.8 Å². The Kier molecular flexibility index (Phi) is 8.11. The van der Waals surface area contributed by atoms with E-state index < -0.39 is 12.1 Å². The van der Waals surface area contributed by atoms with Gasteiger partial charge in [-0.05, 0) is 73.5 Å². The normalized spacial score (nSPS) is 11.7. The van der Waals surface area contributed by atoms with E-state index in [9.17, 15) is 9.90 Å². The number of hydrogen-bond acceptors (Lipinski definition) is 4. The van der Waals surface area contributed by atoms with Crippen LogP contribution in [0.2, 0.25) is 0 Å². The summed E-state index contributed by atoms with van der Waals surface area (Å²) in [5, 5.41) is 9.23. The fourth-order valence-corrected chi connectivity index (χ4v) is 3.53. The first-order valence-corrected chi connectivity index (χ1v) is 10.6. The minimum Gasteiger partial charge on any atom is -0.492 e. The van der Waals surface area contributed by atoms with Crippen LogP contribution in [-0.4, -0.2) is 35.0 Å². The molecule has 0 fully saturated rings. The highest BCUT2D eigenvalue weighted by molar-refractivity contribution is 5.72. The summed E-state index contributed by atoms with van der Waals surface area (Å²) in [7, 11) is 0. The number of hydrogen-bond donors (Lipinski definition) is 1. The van der Waals surface area contributed by atoms with Gasteiger partial charge in [-0.25, -0.2) is 4.79 Å². The van der Waals surface area contributed by atoms with Crippen molar-refractivity contribution in [2.45, 2.75) is 32.9 Å². The van der Waals surface area contributed by atoms with E-state index in [0.717, 1.165) is 34.0 Å². The molecule has 0 aliphatic carbocycles. The van der Waals surface area contributed by atoms with Crippen molar-refractivity contribution in [3.63, 3.8) is 0 Å². The number of carboxylic acids is 1. The lowest BCUT2D eigenvalue weighted by molar-refractivity contribution is -0.149. The quantitative estimate of drug-likeness (QED) is 0.401. The molecule has 2 aromatic carbocycles. The van der Waals surface area contributed by atoms with Gasteiger partial charge in [-0.2, -0.15) is 0 Å². The molecule has 6 nitrogen and oxygen atoms in total. The first-order chi connectivity index (χ1) is 15.5. The van der Waals surface area contributed by atoms with Crippen LogP contribution in [-0.2, 0) is 22.5 Å². The summed E-state index contributed by atoms with van der Waals surface area (Å²) in [6, 6.07) is 19.6. The number of aryl methyl sites for hydroxylation is 1. The number of aliphatic carboxylic acids is 1. The van der Waals surface area contributed by atoms with Gasteiger partial charge in [0.1, 0.15) is 18.1 Å². The van der Waals surface area contributed by atoms with Crippen LogP contribution in [0.1, 0.15) is 18.2 Å². The molecule has 1 heterocycles. The van der Waals surface area contributed by atoms with Crippen molar-refractivity contribution in [3.05, 3.63) is 84.8 Å². The highest BCUT2D eigenvalue weighted by atomic mass is 16.5. The second kappa shape index (κ2) is 11.2. The SMILES string of the molecule is C=COc1ccc(-c2ccc(C)n2CCOc2ccc(CC(OCC)C(=O)O)cc2)cc1. The monoisotopic (exact) mass is 435 g/mol. The maximum atomic E-state index is 11.3. The molecule has 32 heavy (non-hydrogen) atoms. The van der Waals surface area contributed by atoms with Crippen molar-refractivity contribution in [1.82, 2.24) is 4.57 Å². The van der Waals surface area contributed by atoms with Crippen molar-refractivity contribution >= 4 is 5.97 Å². The van der Waals surface area contributed by atoms with Gasteiger partial charge in [0.2, 0.25) is 0 Å². The van der Waals surface area contributed by atoms with Gasteiger partial charge in [-0.1, -0.05) is 18.7 Å². The second-order valence-electron chi connectivity index (χ2n) is 7.30. The van der Waals surface area contributed by atoms with E-state index in [1.165, 1.54) is 6.26 Å². The number of benzene rings is 2. The van der Waals surface area contributed by atoms with Gasteiger partial charge in [0, 0.05) is 24.4 Å². The van der Waals surface area contributed by atoms with Crippen molar-refractivity contribution in [2.75, 3.05) is 13.2 Å². The molecule has 168 valence electrons. The van der Waals surface area contributed by atoms with Crippen LogP contribution in [0.15, 0.2) is 73.5 Å². The summed E-state index contributed by atoms with van der Waals surface area (Å²) in [5.74, 6) is 0.545. The van der Waals surface area contributed by atoms with E-state index in [2.05, 4.69) is 30.2 Å². The molecule has 0 spiro atoms. The zero-order valence-electron chi connectivity index (χ0n) is 18.5.